The van der Waals surface area contributed by atoms with Crippen molar-refractivity contribution in [1.82, 2.24) is 15.5 Å². The lowest BCUT2D eigenvalue weighted by Crippen LogP contribution is -2.51. The fourth-order valence-corrected chi connectivity index (χ4v) is 4.18. The van der Waals surface area contributed by atoms with Gasteiger partial charge in [-0.3, -0.25) is 4.90 Å². The number of ether oxygens (including phenoxy) is 2. The largest absolute Gasteiger partial charge is 0.497 e. The molecule has 2 aliphatic heterocycles. The normalized spacial score (nSPS) is 19.2. The average Bonchev–Trinajstić information content (AvgIpc) is 2.84. The van der Waals surface area contributed by atoms with Crippen molar-refractivity contribution in [2.75, 3.05) is 51.8 Å². The third kappa shape index (κ3) is 4.70. The number of anilines is 1. The fraction of sp³-hybridized carbons (Fsp3) is 0.333. The van der Waals surface area contributed by atoms with Crippen LogP contribution in [0.2, 0.25) is 0 Å². The Kier molecular flexibility index (Phi) is 6.61. The Morgan fingerprint density at radius 1 is 1.03 bits per heavy atom. The van der Waals surface area contributed by atoms with E-state index in [1.165, 1.54) is 7.11 Å². The van der Waals surface area contributed by atoms with Gasteiger partial charge in [0, 0.05) is 50.2 Å². The Morgan fingerprint density at radius 3 is 2.47 bits per heavy atom. The number of carbonyl (C=O) groups excluding carboxylic acids is 2. The molecule has 0 bridgehead atoms. The van der Waals surface area contributed by atoms with E-state index in [0.29, 0.717) is 17.8 Å². The summed E-state index contributed by atoms with van der Waals surface area (Å²) in [4.78, 5) is 29.6. The van der Waals surface area contributed by atoms with Crippen molar-refractivity contribution in [1.29, 1.82) is 0 Å². The number of nitrogens with zero attached hydrogens (tertiary/aromatic N) is 2. The number of carbonyl (C=O) groups is 2. The van der Waals surface area contributed by atoms with Crippen LogP contribution in [0.5, 0.6) is 5.75 Å². The van der Waals surface area contributed by atoms with Gasteiger partial charge in [-0.1, -0.05) is 36.4 Å². The zero-order valence-electron chi connectivity index (χ0n) is 18.3. The number of hydrogen-bond acceptors (Lipinski definition) is 6. The molecule has 0 saturated carbocycles. The van der Waals surface area contributed by atoms with Crippen molar-refractivity contribution in [2.24, 2.45) is 0 Å². The number of piperazine rings is 1. The summed E-state index contributed by atoms with van der Waals surface area (Å²) in [6, 6.07) is 16.6. The number of urea groups is 1. The zero-order chi connectivity index (χ0) is 22.5. The molecule has 2 heterocycles. The molecule has 1 fully saturated rings. The first-order chi connectivity index (χ1) is 15.6. The molecule has 0 aliphatic carbocycles. The molecule has 0 spiro atoms. The molecule has 0 unspecified atom stereocenters. The zero-order valence-corrected chi connectivity index (χ0v) is 18.3. The van der Waals surface area contributed by atoms with Crippen LogP contribution in [0.15, 0.2) is 65.9 Å². The maximum atomic E-state index is 12.7. The minimum Gasteiger partial charge on any atom is -0.497 e. The van der Waals surface area contributed by atoms with Gasteiger partial charge in [-0.15, -0.1) is 0 Å². The molecular formula is C24H28N4O4. The fourth-order valence-electron chi connectivity index (χ4n) is 4.18. The van der Waals surface area contributed by atoms with E-state index in [1.807, 2.05) is 48.5 Å². The number of amides is 2. The predicted molar refractivity (Wildman–Crippen MR) is 122 cm³/mol. The lowest BCUT2D eigenvalue weighted by molar-refractivity contribution is -0.136. The second-order valence-corrected chi connectivity index (χ2v) is 7.79. The van der Waals surface area contributed by atoms with Gasteiger partial charge in [-0.25, -0.2) is 9.59 Å². The molecule has 168 valence electrons. The summed E-state index contributed by atoms with van der Waals surface area (Å²) in [5.74, 6) is 0.388. The van der Waals surface area contributed by atoms with Gasteiger partial charge >= 0.3 is 12.0 Å². The van der Waals surface area contributed by atoms with Gasteiger partial charge in [0.15, 0.2) is 0 Å². The van der Waals surface area contributed by atoms with Gasteiger partial charge in [0.25, 0.3) is 0 Å². The molecule has 2 N–H and O–H groups in total. The molecule has 2 aromatic carbocycles. The maximum Gasteiger partial charge on any atom is 0.338 e. The maximum absolute atomic E-state index is 12.7. The van der Waals surface area contributed by atoms with Crippen LogP contribution in [-0.4, -0.2) is 63.8 Å². The van der Waals surface area contributed by atoms with Crippen molar-refractivity contribution >= 4 is 17.7 Å². The number of hydrogen-bond donors (Lipinski definition) is 2. The number of benzene rings is 2. The first-order valence-corrected chi connectivity index (χ1v) is 10.6. The van der Waals surface area contributed by atoms with Gasteiger partial charge in [0.05, 0.1) is 25.8 Å². The summed E-state index contributed by atoms with van der Waals surface area (Å²) in [6.45, 7) is 3.74. The molecule has 8 heteroatoms. The lowest BCUT2D eigenvalue weighted by atomic mass is 9.95. The van der Waals surface area contributed by atoms with E-state index in [-0.39, 0.29) is 6.03 Å². The van der Waals surface area contributed by atoms with E-state index in [4.69, 9.17) is 9.47 Å². The van der Waals surface area contributed by atoms with E-state index in [1.54, 1.807) is 7.11 Å². The number of nitrogens with one attached hydrogen (secondary N) is 2. The van der Waals surface area contributed by atoms with Crippen molar-refractivity contribution in [3.63, 3.8) is 0 Å². The van der Waals surface area contributed by atoms with Crippen LogP contribution in [-0.2, 0) is 9.53 Å². The van der Waals surface area contributed by atoms with E-state index < -0.39 is 12.0 Å². The summed E-state index contributed by atoms with van der Waals surface area (Å²) in [5.41, 5.74) is 2.98. The highest BCUT2D eigenvalue weighted by molar-refractivity contribution is 5.95. The summed E-state index contributed by atoms with van der Waals surface area (Å²) >= 11 is 0. The Bertz CT molecular complexity index is 1000. The highest BCUT2D eigenvalue weighted by atomic mass is 16.5. The van der Waals surface area contributed by atoms with Gasteiger partial charge in [0.2, 0.25) is 0 Å². The second kappa shape index (κ2) is 9.74. The lowest BCUT2D eigenvalue weighted by Gasteiger charge is -2.38. The molecule has 0 radical (unpaired) electrons. The van der Waals surface area contributed by atoms with Crippen LogP contribution >= 0.6 is 0 Å². The van der Waals surface area contributed by atoms with Crippen LogP contribution < -0.4 is 20.3 Å². The summed E-state index contributed by atoms with van der Waals surface area (Å²) in [5, 5.41) is 5.70. The first kappa shape index (κ1) is 21.7. The Labute approximate surface area is 187 Å². The minimum absolute atomic E-state index is 0.323. The predicted octanol–water partition coefficient (Wildman–Crippen LogP) is 2.30. The Balaban J connectivity index is 1.51. The Morgan fingerprint density at radius 2 is 1.78 bits per heavy atom. The number of esters is 1. The van der Waals surface area contributed by atoms with Gasteiger partial charge in [-0.2, -0.15) is 0 Å². The van der Waals surface area contributed by atoms with Crippen LogP contribution in [0.4, 0.5) is 10.5 Å². The highest BCUT2D eigenvalue weighted by Crippen LogP contribution is 2.28. The van der Waals surface area contributed by atoms with Crippen LogP contribution in [0, 0.1) is 0 Å². The summed E-state index contributed by atoms with van der Waals surface area (Å²) in [6.07, 6.45) is 0. The summed E-state index contributed by atoms with van der Waals surface area (Å²) in [7, 11) is 3.03. The smallest absolute Gasteiger partial charge is 0.338 e. The number of methoxy groups -OCH3 is 2. The quantitative estimate of drug-likeness (QED) is 0.677. The van der Waals surface area contributed by atoms with Gasteiger partial charge in [0.1, 0.15) is 5.75 Å². The SMILES string of the molecule is COC(=O)C1=C(CN2CCN(c3cccc(OC)c3)CC2)NC(=O)N[C@@H]1c1ccccc1. The van der Waals surface area contributed by atoms with E-state index in [2.05, 4.69) is 26.5 Å². The molecule has 2 aromatic rings. The van der Waals surface area contributed by atoms with E-state index in [0.717, 1.165) is 43.2 Å². The molecule has 32 heavy (non-hydrogen) atoms. The molecule has 2 aliphatic rings. The summed E-state index contributed by atoms with van der Waals surface area (Å²) < 4.78 is 10.4. The topological polar surface area (TPSA) is 83.1 Å². The van der Waals surface area contributed by atoms with Crippen LogP contribution in [0.3, 0.4) is 0 Å². The minimum atomic E-state index is -0.550. The van der Waals surface area contributed by atoms with Crippen molar-refractivity contribution in [3.05, 3.63) is 71.4 Å². The molecular weight excluding hydrogens is 408 g/mol. The monoisotopic (exact) mass is 436 g/mol. The molecule has 2 amide bonds. The second-order valence-electron chi connectivity index (χ2n) is 7.79. The van der Waals surface area contributed by atoms with Crippen molar-refractivity contribution < 1.29 is 19.1 Å². The van der Waals surface area contributed by atoms with Crippen molar-refractivity contribution in [3.8, 4) is 5.75 Å². The molecule has 1 saturated heterocycles. The molecule has 0 aromatic heterocycles. The van der Waals surface area contributed by atoms with E-state index in [9.17, 15) is 9.59 Å². The van der Waals surface area contributed by atoms with Gasteiger partial charge in [-0.05, 0) is 17.7 Å². The van der Waals surface area contributed by atoms with Crippen LogP contribution in [0.25, 0.3) is 0 Å². The Hall–Kier alpha value is -3.52. The highest BCUT2D eigenvalue weighted by Gasteiger charge is 2.34. The molecule has 8 nitrogen and oxygen atoms in total. The molecule has 4 rings (SSSR count). The third-order valence-corrected chi connectivity index (χ3v) is 5.86. The van der Waals surface area contributed by atoms with Crippen molar-refractivity contribution in [2.45, 2.75) is 6.04 Å². The standard InChI is InChI=1S/C24H28N4O4/c1-31-19-10-6-9-18(15-19)28-13-11-27(12-14-28)16-20-21(23(29)32-2)22(26-24(30)25-20)17-7-4-3-5-8-17/h3-10,15,22H,11-14,16H2,1-2H3,(H2,25,26,30)/t22-/m1/s1. The van der Waals surface area contributed by atoms with E-state index >= 15 is 0 Å². The van der Waals surface area contributed by atoms with Gasteiger partial charge < -0.3 is 25.0 Å². The number of rotatable bonds is 6. The average molecular weight is 437 g/mol. The third-order valence-electron chi connectivity index (χ3n) is 5.86. The molecule has 1 atom stereocenters. The van der Waals surface area contributed by atoms with Crippen LogP contribution in [0.1, 0.15) is 11.6 Å². The first-order valence-electron chi connectivity index (χ1n) is 10.6.